The van der Waals surface area contributed by atoms with Gasteiger partial charge < -0.3 is 24.4 Å². The molecular weight excluding hydrogens is 766 g/mol. The van der Waals surface area contributed by atoms with E-state index in [1.807, 2.05) is 0 Å². The van der Waals surface area contributed by atoms with Gasteiger partial charge in [-0.2, -0.15) is 10.2 Å². The van der Waals surface area contributed by atoms with Gasteiger partial charge in [-0.3, -0.25) is 20.2 Å². The Morgan fingerprint density at radius 2 is 0.925 bits per heavy atom. The van der Waals surface area contributed by atoms with Crippen LogP contribution in [0.2, 0.25) is 0 Å². The molecule has 0 bridgehead atoms. The van der Waals surface area contributed by atoms with Crippen LogP contribution in [0.15, 0.2) is 119 Å². The van der Waals surface area contributed by atoms with Crippen LogP contribution in [0.5, 0.6) is 17.2 Å². The van der Waals surface area contributed by atoms with Crippen LogP contribution in [0.1, 0.15) is 0 Å². The van der Waals surface area contributed by atoms with E-state index < -0.39 is 85.3 Å². The Balaban J connectivity index is 0.00000378. The van der Waals surface area contributed by atoms with Crippen LogP contribution < -0.4 is 59.1 Å². The van der Waals surface area contributed by atoms with Gasteiger partial charge >= 0.3 is 59.1 Å². The third kappa shape index (κ3) is 9.99. The molecule has 0 atom stereocenters. The van der Waals surface area contributed by atoms with E-state index in [0.29, 0.717) is 24.3 Å². The average molecular weight is 783 g/mol. The van der Waals surface area contributed by atoms with Gasteiger partial charge in [-0.05, 0) is 53.9 Å². The summed E-state index contributed by atoms with van der Waals surface area (Å²) in [5.41, 5.74) is -2.71. The predicted octanol–water partition coefficient (Wildman–Crippen LogP) is 0.835. The number of fused-ring (bicyclic) bond motifs is 1. The third-order valence-electron chi connectivity index (χ3n) is 6.66. The molecule has 0 aliphatic rings. The average Bonchev–Trinajstić information content (AvgIpc) is 3.06. The summed E-state index contributed by atoms with van der Waals surface area (Å²) in [5.74, 6) is -2.63. The minimum absolute atomic E-state index is 0. The van der Waals surface area contributed by atoms with Crippen LogP contribution >= 0.6 is 0 Å². The van der Waals surface area contributed by atoms with Gasteiger partial charge in [0, 0.05) is 30.3 Å². The normalized spacial score (nSPS) is 11.9. The van der Waals surface area contributed by atoms with Gasteiger partial charge in [-0.25, -0.2) is 16.8 Å². The van der Waals surface area contributed by atoms with E-state index >= 15 is 0 Å². The Morgan fingerprint density at radius 1 is 0.528 bits per heavy atom. The largest absolute Gasteiger partial charge is 1.00 e. The molecule has 0 unspecified atom stereocenters. The molecule has 5 rings (SSSR count). The molecule has 0 amide bonds. The van der Waals surface area contributed by atoms with E-state index in [1.54, 1.807) is 0 Å². The second-order valence-corrected chi connectivity index (χ2v) is 12.8. The molecule has 21 nitrogen and oxygen atoms in total. The van der Waals surface area contributed by atoms with Crippen LogP contribution in [-0.4, -0.2) is 51.1 Å². The summed E-state index contributed by atoms with van der Waals surface area (Å²) in [4.78, 5) is 18.7. The predicted molar refractivity (Wildman–Crippen MR) is 170 cm³/mol. The Hall–Kier alpha value is -4.82. The maximum atomic E-state index is 11.9. The minimum atomic E-state index is -5.24. The smallest absolute Gasteiger partial charge is 0.744 e. The summed E-state index contributed by atoms with van der Waals surface area (Å²) >= 11 is 0. The summed E-state index contributed by atoms with van der Waals surface area (Å²) in [6, 6.07) is 12.8. The summed E-state index contributed by atoms with van der Waals surface area (Å²) in [5, 5.41) is 76.7. The number of azo groups is 3. The summed E-state index contributed by atoms with van der Waals surface area (Å²) in [6.07, 6.45) is 0. The van der Waals surface area contributed by atoms with Crippen molar-refractivity contribution in [3.8, 4) is 17.2 Å². The zero-order valence-corrected chi connectivity index (χ0v) is 32.5. The van der Waals surface area contributed by atoms with Crippen molar-refractivity contribution in [1.29, 1.82) is 0 Å². The first-order valence-corrected chi connectivity index (χ1v) is 16.3. The first-order chi connectivity index (χ1) is 23.9. The van der Waals surface area contributed by atoms with Crippen molar-refractivity contribution in [3.63, 3.8) is 0 Å². The van der Waals surface area contributed by atoms with Crippen molar-refractivity contribution in [2.24, 2.45) is 30.7 Å². The molecule has 0 aliphatic carbocycles. The van der Waals surface area contributed by atoms with Gasteiger partial charge in [-0.1, -0.05) is 0 Å². The minimum Gasteiger partial charge on any atom is -0.744 e. The van der Waals surface area contributed by atoms with Gasteiger partial charge in [0.1, 0.15) is 37.4 Å². The van der Waals surface area contributed by atoms with Crippen LogP contribution in [0.25, 0.3) is 10.8 Å². The standard InChI is InChI=1S/C28H18N8O13S2.2Na/c37-24-12-20(51(47,48)49)10-14-9-19(50(44,45)46)11-21(25(14)24)31-33-23-13-22(32-29-15-1-5-17(6-2-15)35(40)41)27(38)26(28(23)39)34-30-16-3-7-18(8-4-16)36(42)43;;/h1-13,37-39H,(H,44,45,46)(H,47,48,49);;/q;2*+1/p-2. The van der Waals surface area contributed by atoms with Gasteiger partial charge in [0.25, 0.3) is 11.4 Å². The molecule has 5 aromatic carbocycles. The van der Waals surface area contributed by atoms with Gasteiger partial charge in [0.05, 0.1) is 42.1 Å². The van der Waals surface area contributed by atoms with E-state index in [4.69, 9.17) is 0 Å². The molecule has 0 heterocycles. The first-order valence-electron chi connectivity index (χ1n) is 13.5. The number of nitrogens with zero attached hydrogens (tertiary/aromatic N) is 8. The van der Waals surface area contributed by atoms with Crippen molar-refractivity contribution in [2.45, 2.75) is 9.79 Å². The molecular formula is C28H16N8Na2O13S2. The Bertz CT molecular complexity index is 2570. The third-order valence-corrected chi connectivity index (χ3v) is 8.29. The summed E-state index contributed by atoms with van der Waals surface area (Å²) in [6.45, 7) is 0. The number of non-ortho nitro benzene ring substituents is 2. The van der Waals surface area contributed by atoms with Crippen molar-refractivity contribution >= 4 is 76.5 Å². The number of nitro benzene ring substituents is 2. The fraction of sp³-hybridized carbons (Fsp3) is 0. The molecule has 0 radical (unpaired) electrons. The summed E-state index contributed by atoms with van der Waals surface area (Å²) in [7, 11) is -10.4. The van der Waals surface area contributed by atoms with Gasteiger partial charge in [0.15, 0.2) is 17.2 Å². The zero-order chi connectivity index (χ0) is 37.2. The number of rotatable bonds is 10. The molecule has 25 heteroatoms. The van der Waals surface area contributed by atoms with Crippen LogP contribution in [0.3, 0.4) is 0 Å². The second kappa shape index (κ2) is 16.9. The molecule has 0 aliphatic heterocycles. The summed E-state index contributed by atoms with van der Waals surface area (Å²) < 4.78 is 70.4. The van der Waals surface area contributed by atoms with E-state index in [0.717, 1.165) is 30.3 Å². The van der Waals surface area contributed by atoms with E-state index in [-0.39, 0.29) is 87.3 Å². The number of aromatic hydroxyl groups is 3. The number of nitro groups is 2. The molecule has 5 aromatic rings. The number of phenolic OH excluding ortho intramolecular Hbond substituents is 3. The Morgan fingerprint density at radius 3 is 1.36 bits per heavy atom. The molecule has 53 heavy (non-hydrogen) atoms. The molecule has 3 N–H and O–H groups in total. The quantitative estimate of drug-likeness (QED) is 0.0582. The molecule has 260 valence electrons. The number of benzene rings is 5. The molecule has 0 saturated heterocycles. The van der Waals surface area contributed by atoms with E-state index in [1.165, 1.54) is 24.3 Å². The van der Waals surface area contributed by atoms with E-state index in [2.05, 4.69) is 30.7 Å². The number of hydrogen-bond acceptors (Lipinski definition) is 19. The molecule has 0 saturated carbocycles. The maximum Gasteiger partial charge on any atom is 1.00 e. The fourth-order valence-electron chi connectivity index (χ4n) is 4.26. The van der Waals surface area contributed by atoms with Crippen molar-refractivity contribution < 1.29 is 110 Å². The second-order valence-electron chi connectivity index (χ2n) is 10.00. The van der Waals surface area contributed by atoms with Crippen molar-refractivity contribution in [3.05, 3.63) is 99.1 Å². The zero-order valence-electron chi connectivity index (χ0n) is 26.8. The molecule has 0 spiro atoms. The first kappa shape index (κ1) is 42.6. The van der Waals surface area contributed by atoms with Gasteiger partial charge in [-0.15, -0.1) is 20.5 Å². The van der Waals surface area contributed by atoms with Crippen LogP contribution in [0, 0.1) is 20.2 Å². The van der Waals surface area contributed by atoms with Gasteiger partial charge in [0.2, 0.25) is 0 Å². The monoisotopic (exact) mass is 782 g/mol. The van der Waals surface area contributed by atoms with E-state index in [9.17, 15) is 61.5 Å². The number of hydrogen-bond donors (Lipinski definition) is 3. The Kier molecular flexibility index (Phi) is 13.6. The maximum absolute atomic E-state index is 11.9. The topological polar surface area (TPSA) is 336 Å². The fourth-order valence-corrected chi connectivity index (χ4v) is 5.32. The molecule has 0 aromatic heterocycles. The van der Waals surface area contributed by atoms with Crippen LogP contribution in [-0.2, 0) is 20.2 Å². The Labute approximate surface area is 340 Å². The molecule has 0 fully saturated rings. The number of phenols is 3. The van der Waals surface area contributed by atoms with Crippen molar-refractivity contribution in [2.75, 3.05) is 0 Å². The van der Waals surface area contributed by atoms with Crippen molar-refractivity contribution in [1.82, 2.24) is 0 Å². The van der Waals surface area contributed by atoms with Crippen LogP contribution in [0.4, 0.5) is 45.5 Å². The SMILES string of the molecule is O=[N+]([O-])c1ccc(N=Nc2cc(N=Nc3cc(S(=O)(=O)[O-])cc4cc(S(=O)(=O)[O-])cc(O)c34)c(O)c(N=Nc3ccc([N+](=O)[O-])cc3)c2O)cc1.[Na+].[Na+].